The zero-order valence-corrected chi connectivity index (χ0v) is 17.4. The lowest BCUT2D eigenvalue weighted by Crippen LogP contribution is -2.48. The van der Waals surface area contributed by atoms with E-state index >= 15 is 0 Å². The van der Waals surface area contributed by atoms with Gasteiger partial charge in [-0.15, -0.1) is 0 Å². The molecule has 0 aliphatic rings. The van der Waals surface area contributed by atoms with E-state index in [0.29, 0.717) is 12.1 Å². The van der Waals surface area contributed by atoms with Crippen molar-refractivity contribution in [1.82, 2.24) is 20.2 Å². The summed E-state index contributed by atoms with van der Waals surface area (Å²) in [5.74, 6) is -0.0810. The topological polar surface area (TPSA) is 85.3 Å². The van der Waals surface area contributed by atoms with Crippen molar-refractivity contribution in [2.24, 2.45) is 5.92 Å². The first-order valence-electron chi connectivity index (χ1n) is 9.43. The molecule has 1 heterocycles. The number of nitrogens with zero attached hydrogens (tertiary/aromatic N) is 2. The highest BCUT2D eigenvalue weighted by Gasteiger charge is 2.22. The van der Waals surface area contributed by atoms with Gasteiger partial charge in [0, 0.05) is 18.9 Å². The number of aromatic nitrogens is 2. The maximum atomic E-state index is 12.9. The Bertz CT molecular complexity index is 808. The minimum atomic E-state index is -0.573. The first-order chi connectivity index (χ1) is 13.1. The molecule has 0 radical (unpaired) electrons. The van der Waals surface area contributed by atoms with Crippen LogP contribution in [-0.4, -0.2) is 39.7 Å². The summed E-state index contributed by atoms with van der Waals surface area (Å²) in [4.78, 5) is 29.0. The van der Waals surface area contributed by atoms with Crippen molar-refractivity contribution in [3.63, 3.8) is 0 Å². The van der Waals surface area contributed by atoms with Crippen molar-refractivity contribution in [2.45, 2.75) is 53.2 Å². The normalized spacial score (nSPS) is 12.5. The van der Waals surface area contributed by atoms with Gasteiger partial charge in [0.15, 0.2) is 0 Å². The maximum Gasteiger partial charge on any atom is 0.407 e. The molecule has 0 saturated carbocycles. The molecule has 2 N–H and O–H groups in total. The third kappa shape index (κ3) is 6.11. The Morgan fingerprint density at radius 1 is 1.25 bits per heavy atom. The SMILES string of the molecule is Cc1ccc(-n2ccnc2)c(C(=O)NCC(NC(=O)OC(C)(C)C)C(C)C)c1. The fraction of sp³-hybridized carbons (Fsp3) is 0.476. The van der Waals surface area contributed by atoms with Crippen molar-refractivity contribution in [1.29, 1.82) is 0 Å². The summed E-state index contributed by atoms with van der Waals surface area (Å²) in [5, 5.41) is 5.78. The van der Waals surface area contributed by atoms with Crippen LogP contribution in [0.25, 0.3) is 5.69 Å². The van der Waals surface area contributed by atoms with Gasteiger partial charge in [0.05, 0.1) is 23.6 Å². The number of benzene rings is 1. The molecule has 0 aliphatic heterocycles. The number of carbonyl (C=O) groups is 2. The lowest BCUT2D eigenvalue weighted by Gasteiger charge is -2.26. The van der Waals surface area contributed by atoms with Crippen molar-refractivity contribution >= 4 is 12.0 Å². The molecular formula is C21H30N4O3. The molecule has 2 rings (SSSR count). The molecule has 2 aromatic rings. The van der Waals surface area contributed by atoms with Crippen LogP contribution in [0.4, 0.5) is 4.79 Å². The Morgan fingerprint density at radius 3 is 2.54 bits per heavy atom. The number of aryl methyl sites for hydroxylation is 1. The third-order valence-corrected chi connectivity index (χ3v) is 4.17. The summed E-state index contributed by atoms with van der Waals surface area (Å²) < 4.78 is 7.12. The molecule has 152 valence electrons. The Labute approximate surface area is 166 Å². The average molecular weight is 386 g/mol. The number of hydrogen-bond donors (Lipinski definition) is 2. The highest BCUT2D eigenvalue weighted by molar-refractivity contribution is 5.98. The van der Waals surface area contributed by atoms with Crippen LogP contribution in [0.15, 0.2) is 36.9 Å². The van der Waals surface area contributed by atoms with E-state index in [1.54, 1.807) is 23.3 Å². The van der Waals surface area contributed by atoms with E-state index < -0.39 is 11.7 Å². The van der Waals surface area contributed by atoms with Gasteiger partial charge in [-0.05, 0) is 45.7 Å². The van der Waals surface area contributed by atoms with Crippen LogP contribution in [-0.2, 0) is 4.74 Å². The second-order valence-electron chi connectivity index (χ2n) is 8.20. The number of nitrogens with one attached hydrogen (secondary N) is 2. The quantitative estimate of drug-likeness (QED) is 0.796. The van der Waals surface area contributed by atoms with Gasteiger partial charge in [-0.3, -0.25) is 4.79 Å². The minimum absolute atomic E-state index is 0.124. The first kappa shape index (κ1) is 21.5. The van der Waals surface area contributed by atoms with E-state index in [1.165, 1.54) is 0 Å². The second-order valence-corrected chi connectivity index (χ2v) is 8.20. The van der Waals surface area contributed by atoms with Crippen LogP contribution in [0.1, 0.15) is 50.5 Å². The number of carbonyl (C=O) groups excluding carboxylic acids is 2. The number of ether oxygens (including phenoxy) is 1. The summed E-state index contributed by atoms with van der Waals surface area (Å²) in [7, 11) is 0. The molecule has 28 heavy (non-hydrogen) atoms. The smallest absolute Gasteiger partial charge is 0.407 e. The number of hydrogen-bond acceptors (Lipinski definition) is 4. The summed E-state index contributed by atoms with van der Waals surface area (Å²) >= 11 is 0. The van der Waals surface area contributed by atoms with Crippen LogP contribution >= 0.6 is 0 Å². The molecule has 1 aromatic carbocycles. The predicted octanol–water partition coefficient (Wildman–Crippen LogP) is 3.46. The Morgan fingerprint density at radius 2 is 1.96 bits per heavy atom. The number of rotatable bonds is 6. The molecular weight excluding hydrogens is 356 g/mol. The van der Waals surface area contributed by atoms with Crippen LogP contribution in [0.2, 0.25) is 0 Å². The fourth-order valence-corrected chi connectivity index (χ4v) is 2.67. The van der Waals surface area contributed by atoms with Crippen LogP contribution < -0.4 is 10.6 Å². The maximum absolute atomic E-state index is 12.9. The number of amides is 2. The average Bonchev–Trinajstić information content (AvgIpc) is 3.10. The summed E-state index contributed by atoms with van der Waals surface area (Å²) in [6.07, 6.45) is 4.63. The van der Waals surface area contributed by atoms with Gasteiger partial charge in [0.1, 0.15) is 5.60 Å². The second kappa shape index (κ2) is 8.91. The van der Waals surface area contributed by atoms with Crippen LogP contribution in [0.5, 0.6) is 0 Å². The first-order valence-corrected chi connectivity index (χ1v) is 9.43. The molecule has 0 fully saturated rings. The van der Waals surface area contributed by atoms with E-state index in [-0.39, 0.29) is 17.9 Å². The van der Waals surface area contributed by atoms with Gasteiger partial charge in [0.25, 0.3) is 5.91 Å². The van der Waals surface area contributed by atoms with Crippen molar-refractivity contribution in [2.75, 3.05) is 6.54 Å². The van der Waals surface area contributed by atoms with E-state index in [4.69, 9.17) is 4.74 Å². The molecule has 2 amide bonds. The lowest BCUT2D eigenvalue weighted by molar-refractivity contribution is 0.0487. The monoisotopic (exact) mass is 386 g/mol. The largest absolute Gasteiger partial charge is 0.444 e. The summed E-state index contributed by atoms with van der Waals surface area (Å²) in [5.41, 5.74) is 1.72. The van der Waals surface area contributed by atoms with Gasteiger partial charge in [-0.1, -0.05) is 25.5 Å². The predicted molar refractivity (Wildman–Crippen MR) is 109 cm³/mol. The van der Waals surface area contributed by atoms with Gasteiger partial charge in [-0.25, -0.2) is 9.78 Å². The molecule has 0 saturated heterocycles. The standard InChI is InChI=1S/C21H30N4O3/c1-14(2)17(24-20(27)28-21(4,5)6)12-23-19(26)16-11-15(3)7-8-18(16)25-10-9-22-13-25/h7-11,13-14,17H,12H2,1-6H3,(H,23,26)(H,24,27). The van der Waals surface area contributed by atoms with Gasteiger partial charge in [0.2, 0.25) is 0 Å². The Balaban J connectivity index is 2.09. The van der Waals surface area contributed by atoms with Crippen molar-refractivity contribution in [3.8, 4) is 5.69 Å². The Kier molecular flexibility index (Phi) is 6.83. The van der Waals surface area contributed by atoms with Crippen LogP contribution in [0, 0.1) is 12.8 Å². The molecule has 1 aromatic heterocycles. The molecule has 7 nitrogen and oxygen atoms in total. The van der Waals surface area contributed by atoms with Crippen molar-refractivity contribution in [3.05, 3.63) is 48.0 Å². The van der Waals surface area contributed by atoms with Gasteiger partial charge < -0.3 is 19.9 Å². The van der Waals surface area contributed by atoms with Gasteiger partial charge >= 0.3 is 6.09 Å². The zero-order chi connectivity index (χ0) is 20.9. The molecule has 7 heteroatoms. The van der Waals surface area contributed by atoms with E-state index in [9.17, 15) is 9.59 Å². The molecule has 0 bridgehead atoms. The summed E-state index contributed by atoms with van der Waals surface area (Å²) in [6, 6.07) is 5.44. The third-order valence-electron chi connectivity index (χ3n) is 4.17. The number of alkyl carbamates (subject to hydrolysis) is 1. The number of imidazole rings is 1. The highest BCUT2D eigenvalue weighted by atomic mass is 16.6. The molecule has 1 atom stereocenters. The van der Waals surface area contributed by atoms with E-state index in [0.717, 1.165) is 11.3 Å². The fourth-order valence-electron chi connectivity index (χ4n) is 2.67. The van der Waals surface area contributed by atoms with E-state index in [1.807, 2.05) is 59.7 Å². The molecule has 0 aliphatic carbocycles. The van der Waals surface area contributed by atoms with Crippen LogP contribution in [0.3, 0.4) is 0 Å². The Hall–Kier alpha value is -2.83. The van der Waals surface area contributed by atoms with E-state index in [2.05, 4.69) is 15.6 Å². The summed E-state index contributed by atoms with van der Waals surface area (Å²) in [6.45, 7) is 11.6. The molecule has 1 unspecified atom stereocenters. The van der Waals surface area contributed by atoms with Crippen molar-refractivity contribution < 1.29 is 14.3 Å². The molecule has 0 spiro atoms. The zero-order valence-electron chi connectivity index (χ0n) is 17.4. The van der Waals surface area contributed by atoms with Gasteiger partial charge in [-0.2, -0.15) is 0 Å². The minimum Gasteiger partial charge on any atom is -0.444 e. The lowest BCUT2D eigenvalue weighted by atomic mass is 10.0. The highest BCUT2D eigenvalue weighted by Crippen LogP contribution is 2.17.